The minimum Gasteiger partial charge on any atom is -0.380 e. The Morgan fingerprint density at radius 1 is 1.33 bits per heavy atom. The molecule has 1 aromatic rings. The van der Waals surface area contributed by atoms with Crippen molar-refractivity contribution in [2.45, 2.75) is 11.5 Å². The molecular weight excluding hydrogens is 270 g/mol. The highest BCUT2D eigenvalue weighted by Crippen LogP contribution is 2.21. The van der Waals surface area contributed by atoms with Gasteiger partial charge in [-0.15, -0.1) is 0 Å². The van der Waals surface area contributed by atoms with Gasteiger partial charge in [0, 0.05) is 31.7 Å². The van der Waals surface area contributed by atoms with Gasteiger partial charge in [0.1, 0.15) is 0 Å². The summed E-state index contributed by atoms with van der Waals surface area (Å²) < 4.78 is 31.4. The van der Waals surface area contributed by atoms with Gasteiger partial charge in [-0.3, -0.25) is 0 Å². The number of rotatable bonds is 4. The molecule has 1 heterocycles. The van der Waals surface area contributed by atoms with Crippen LogP contribution in [0.3, 0.4) is 0 Å². The summed E-state index contributed by atoms with van der Waals surface area (Å²) in [5, 5.41) is 0. The van der Waals surface area contributed by atoms with Gasteiger partial charge < -0.3 is 4.74 Å². The number of benzene rings is 1. The van der Waals surface area contributed by atoms with E-state index in [1.165, 1.54) is 0 Å². The fourth-order valence-electron chi connectivity index (χ4n) is 1.90. The summed E-state index contributed by atoms with van der Waals surface area (Å²) in [6.45, 7) is 1.63. The molecule has 100 valence electrons. The van der Waals surface area contributed by atoms with E-state index in [-0.39, 0.29) is 0 Å². The molecule has 6 heteroatoms. The lowest BCUT2D eigenvalue weighted by molar-refractivity contribution is 0.184. The molecule has 1 aliphatic heterocycles. The van der Waals surface area contributed by atoms with Gasteiger partial charge in [0.25, 0.3) is 0 Å². The third-order valence-electron chi connectivity index (χ3n) is 2.82. The van der Waals surface area contributed by atoms with E-state index in [1.54, 1.807) is 41.4 Å². The van der Waals surface area contributed by atoms with E-state index in [0.717, 1.165) is 17.1 Å². The van der Waals surface area contributed by atoms with Gasteiger partial charge in [-0.25, -0.2) is 8.42 Å². The largest absolute Gasteiger partial charge is 0.380 e. The molecule has 0 aromatic heterocycles. The first-order valence-electron chi connectivity index (χ1n) is 5.80. The van der Waals surface area contributed by atoms with Crippen molar-refractivity contribution in [3.63, 3.8) is 0 Å². The van der Waals surface area contributed by atoms with Crippen molar-refractivity contribution >= 4 is 21.8 Å². The van der Waals surface area contributed by atoms with E-state index in [1.807, 2.05) is 6.07 Å². The van der Waals surface area contributed by atoms with Crippen molar-refractivity contribution in [1.29, 1.82) is 0 Å². The third kappa shape index (κ3) is 3.06. The minimum atomic E-state index is -3.34. The number of hydrogen-bond donors (Lipinski definition) is 0. The van der Waals surface area contributed by atoms with Gasteiger partial charge in [-0.2, -0.15) is 16.1 Å². The predicted octanol–water partition coefficient (Wildman–Crippen LogP) is 1.57. The van der Waals surface area contributed by atoms with Crippen LogP contribution in [0.5, 0.6) is 0 Å². The molecule has 1 fully saturated rings. The van der Waals surface area contributed by atoms with Crippen LogP contribution in [-0.4, -0.2) is 44.4 Å². The Labute approximate surface area is 112 Å². The summed E-state index contributed by atoms with van der Waals surface area (Å²) in [5.41, 5.74) is 0.880. The Balaban J connectivity index is 2.25. The normalized spacial score (nSPS) is 17.8. The highest BCUT2D eigenvalue weighted by molar-refractivity contribution is 7.99. The highest BCUT2D eigenvalue weighted by Gasteiger charge is 2.26. The molecule has 0 aliphatic carbocycles. The molecule has 0 radical (unpaired) electrons. The van der Waals surface area contributed by atoms with E-state index < -0.39 is 10.0 Å². The van der Waals surface area contributed by atoms with Gasteiger partial charge in [-0.1, -0.05) is 12.1 Å². The second-order valence-corrected chi connectivity index (χ2v) is 7.26. The zero-order chi connectivity index (χ0) is 13.0. The average Bonchev–Trinajstić information content (AvgIpc) is 2.40. The van der Waals surface area contributed by atoms with Crippen molar-refractivity contribution in [3.8, 4) is 0 Å². The molecular formula is C12H17NO3S2. The summed E-state index contributed by atoms with van der Waals surface area (Å²) in [4.78, 5) is 0.365. The van der Waals surface area contributed by atoms with Crippen molar-refractivity contribution in [3.05, 3.63) is 29.8 Å². The van der Waals surface area contributed by atoms with Gasteiger partial charge in [0.15, 0.2) is 0 Å². The lowest BCUT2D eigenvalue weighted by Gasteiger charge is -2.25. The Hall–Kier alpha value is -0.560. The Bertz CT molecular complexity index is 496. The maximum absolute atomic E-state index is 12.4. The predicted molar refractivity (Wildman–Crippen MR) is 73.2 cm³/mol. The zero-order valence-electron chi connectivity index (χ0n) is 10.3. The molecule has 2 rings (SSSR count). The molecule has 0 unspecified atom stereocenters. The molecule has 18 heavy (non-hydrogen) atoms. The quantitative estimate of drug-likeness (QED) is 0.843. The molecule has 0 spiro atoms. The first-order chi connectivity index (χ1) is 8.64. The van der Waals surface area contributed by atoms with Crippen LogP contribution in [0.1, 0.15) is 5.56 Å². The summed E-state index contributed by atoms with van der Waals surface area (Å²) in [5.74, 6) is 1.74. The molecule has 1 aromatic carbocycles. The molecule has 0 amide bonds. The van der Waals surface area contributed by atoms with Crippen LogP contribution in [0.4, 0.5) is 0 Å². The van der Waals surface area contributed by atoms with Gasteiger partial charge in [-0.05, 0) is 17.7 Å². The monoisotopic (exact) mass is 287 g/mol. The Kier molecular flexibility index (Phi) is 4.66. The lowest BCUT2D eigenvalue weighted by atomic mass is 10.2. The molecule has 0 bridgehead atoms. The first-order valence-corrected chi connectivity index (χ1v) is 8.40. The van der Waals surface area contributed by atoms with Crippen LogP contribution in [-0.2, 0) is 21.4 Å². The molecule has 1 saturated heterocycles. The second-order valence-electron chi connectivity index (χ2n) is 4.10. The fourth-order valence-corrected chi connectivity index (χ4v) is 4.54. The average molecular weight is 287 g/mol. The first kappa shape index (κ1) is 13.9. The second kappa shape index (κ2) is 6.06. The van der Waals surface area contributed by atoms with E-state index >= 15 is 0 Å². The maximum atomic E-state index is 12.4. The zero-order valence-corrected chi connectivity index (χ0v) is 12.0. The SMILES string of the molecule is COCc1cccc(S(=O)(=O)N2CCSCC2)c1. The van der Waals surface area contributed by atoms with E-state index in [4.69, 9.17) is 4.74 Å². The standard InChI is InChI=1S/C12H17NO3S2/c1-16-10-11-3-2-4-12(9-11)18(14,15)13-5-7-17-8-6-13/h2-4,9H,5-8,10H2,1H3. The van der Waals surface area contributed by atoms with Crippen LogP contribution in [0.15, 0.2) is 29.2 Å². The summed E-state index contributed by atoms with van der Waals surface area (Å²) >= 11 is 1.80. The Morgan fingerprint density at radius 2 is 2.06 bits per heavy atom. The topological polar surface area (TPSA) is 46.6 Å². The molecule has 1 aliphatic rings. The molecule has 4 nitrogen and oxygen atoms in total. The number of nitrogens with zero attached hydrogens (tertiary/aromatic N) is 1. The highest BCUT2D eigenvalue weighted by atomic mass is 32.2. The summed E-state index contributed by atoms with van der Waals surface area (Å²) in [6, 6.07) is 6.98. The van der Waals surface area contributed by atoms with Crippen LogP contribution < -0.4 is 0 Å². The van der Waals surface area contributed by atoms with Gasteiger partial charge >= 0.3 is 0 Å². The molecule has 0 saturated carbocycles. The minimum absolute atomic E-state index is 0.365. The lowest BCUT2D eigenvalue weighted by Crippen LogP contribution is -2.37. The summed E-state index contributed by atoms with van der Waals surface area (Å²) in [6.07, 6.45) is 0. The molecule has 0 N–H and O–H groups in total. The van der Waals surface area contributed by atoms with Gasteiger partial charge in [0.2, 0.25) is 10.0 Å². The number of methoxy groups -OCH3 is 1. The van der Waals surface area contributed by atoms with Crippen LogP contribution in [0, 0.1) is 0 Å². The van der Waals surface area contributed by atoms with Crippen molar-refractivity contribution in [1.82, 2.24) is 4.31 Å². The van der Waals surface area contributed by atoms with Crippen LogP contribution in [0.25, 0.3) is 0 Å². The van der Waals surface area contributed by atoms with E-state index in [0.29, 0.717) is 24.6 Å². The number of hydrogen-bond acceptors (Lipinski definition) is 4. The van der Waals surface area contributed by atoms with Crippen molar-refractivity contribution in [2.75, 3.05) is 31.7 Å². The van der Waals surface area contributed by atoms with E-state index in [9.17, 15) is 8.42 Å². The fraction of sp³-hybridized carbons (Fsp3) is 0.500. The molecule has 0 atom stereocenters. The smallest absolute Gasteiger partial charge is 0.243 e. The van der Waals surface area contributed by atoms with Gasteiger partial charge in [0.05, 0.1) is 11.5 Å². The number of sulfonamides is 1. The third-order valence-corrected chi connectivity index (χ3v) is 5.65. The van der Waals surface area contributed by atoms with Crippen molar-refractivity contribution in [2.24, 2.45) is 0 Å². The number of thioether (sulfide) groups is 1. The Morgan fingerprint density at radius 3 is 2.72 bits per heavy atom. The van der Waals surface area contributed by atoms with E-state index in [2.05, 4.69) is 0 Å². The van der Waals surface area contributed by atoms with Crippen molar-refractivity contribution < 1.29 is 13.2 Å². The number of ether oxygens (including phenoxy) is 1. The van der Waals surface area contributed by atoms with Crippen LogP contribution >= 0.6 is 11.8 Å². The summed E-state index contributed by atoms with van der Waals surface area (Å²) in [7, 11) is -1.74. The maximum Gasteiger partial charge on any atom is 0.243 e. The van der Waals surface area contributed by atoms with Crippen LogP contribution in [0.2, 0.25) is 0 Å².